The molecule has 0 saturated heterocycles. The second-order valence-corrected chi connectivity index (χ2v) is 5.17. The lowest BCUT2D eigenvalue weighted by molar-refractivity contribution is -0.659. The molecule has 2 heteroatoms. The molecule has 3 rings (SSSR count). The van der Waals surface area contributed by atoms with Gasteiger partial charge >= 0.3 is 0 Å². The summed E-state index contributed by atoms with van der Waals surface area (Å²) in [6.07, 6.45) is 2.09. The third-order valence-corrected chi connectivity index (χ3v) is 3.77. The van der Waals surface area contributed by atoms with Gasteiger partial charge in [-0.25, -0.2) is 4.57 Å². The predicted molar refractivity (Wildman–Crippen MR) is 81.2 cm³/mol. The van der Waals surface area contributed by atoms with E-state index in [1.54, 1.807) is 0 Å². The highest BCUT2D eigenvalue weighted by molar-refractivity contribution is 5.93. The van der Waals surface area contributed by atoms with Crippen LogP contribution in [0.25, 0.3) is 22.0 Å². The molecule has 2 nitrogen and oxygen atoms in total. The summed E-state index contributed by atoms with van der Waals surface area (Å²) in [5, 5.41) is 11.7. The predicted octanol–water partition coefficient (Wildman–Crippen LogP) is 3.13. The summed E-state index contributed by atoms with van der Waals surface area (Å²) in [4.78, 5) is 0. The Labute approximate surface area is 118 Å². The first-order chi connectivity index (χ1) is 9.70. The van der Waals surface area contributed by atoms with Crippen LogP contribution < -0.4 is 4.57 Å². The van der Waals surface area contributed by atoms with E-state index in [4.69, 9.17) is 0 Å². The van der Waals surface area contributed by atoms with Gasteiger partial charge < -0.3 is 5.11 Å². The molecule has 0 bridgehead atoms. The van der Waals surface area contributed by atoms with Crippen LogP contribution in [0.4, 0.5) is 0 Å². The van der Waals surface area contributed by atoms with E-state index in [2.05, 4.69) is 67.2 Å². The Morgan fingerprint density at radius 3 is 2.60 bits per heavy atom. The molecule has 0 aliphatic rings. The number of aliphatic hydroxyl groups is 1. The van der Waals surface area contributed by atoms with Crippen molar-refractivity contribution < 1.29 is 9.67 Å². The summed E-state index contributed by atoms with van der Waals surface area (Å²) in [5.74, 6) is 0. The maximum Gasteiger partial charge on any atom is 0.220 e. The lowest BCUT2D eigenvalue weighted by Crippen LogP contribution is -2.30. The van der Waals surface area contributed by atoms with Crippen LogP contribution in [0.2, 0.25) is 0 Å². The third-order valence-electron chi connectivity index (χ3n) is 3.77. The summed E-state index contributed by atoms with van der Waals surface area (Å²) in [6, 6.07) is 16.7. The molecule has 0 spiro atoms. The fourth-order valence-electron chi connectivity index (χ4n) is 2.74. The standard InChI is InChI=1S/C18H18NO/c1-13-11-14(12-20)7-8-16(13)18-17-6-4-3-5-15(17)9-10-19(18)2/h3-11,20H,12H2,1-2H3/q+1. The fraction of sp³-hybridized carbons (Fsp3) is 0.167. The minimum atomic E-state index is 0.0861. The molecule has 100 valence electrons. The van der Waals surface area contributed by atoms with Gasteiger partial charge in [-0.1, -0.05) is 30.3 Å². The quantitative estimate of drug-likeness (QED) is 0.706. The summed E-state index contributed by atoms with van der Waals surface area (Å²) in [6.45, 7) is 2.18. The van der Waals surface area contributed by atoms with Crippen molar-refractivity contribution in [3.63, 3.8) is 0 Å². The Morgan fingerprint density at radius 2 is 1.85 bits per heavy atom. The summed E-state index contributed by atoms with van der Waals surface area (Å²) >= 11 is 0. The van der Waals surface area contributed by atoms with Crippen molar-refractivity contribution in [3.05, 3.63) is 65.9 Å². The molecule has 0 atom stereocenters. The van der Waals surface area contributed by atoms with Gasteiger partial charge in [-0.3, -0.25) is 0 Å². The summed E-state index contributed by atoms with van der Waals surface area (Å²) in [7, 11) is 2.07. The molecule has 0 radical (unpaired) electrons. The lowest BCUT2D eigenvalue weighted by atomic mass is 9.98. The van der Waals surface area contributed by atoms with Crippen molar-refractivity contribution in [2.45, 2.75) is 13.5 Å². The van der Waals surface area contributed by atoms with E-state index in [1.807, 2.05) is 6.07 Å². The molecule has 20 heavy (non-hydrogen) atoms. The Hall–Kier alpha value is -2.19. The smallest absolute Gasteiger partial charge is 0.220 e. The fourth-order valence-corrected chi connectivity index (χ4v) is 2.74. The number of nitrogens with zero attached hydrogens (tertiary/aromatic N) is 1. The van der Waals surface area contributed by atoms with E-state index < -0.39 is 0 Å². The lowest BCUT2D eigenvalue weighted by Gasteiger charge is -2.09. The van der Waals surface area contributed by atoms with Crippen LogP contribution in [0, 0.1) is 6.92 Å². The number of fused-ring (bicyclic) bond motifs is 1. The van der Waals surface area contributed by atoms with Gasteiger partial charge in [0.1, 0.15) is 7.05 Å². The largest absolute Gasteiger partial charge is 0.392 e. The van der Waals surface area contributed by atoms with E-state index in [1.165, 1.54) is 27.6 Å². The van der Waals surface area contributed by atoms with Gasteiger partial charge in [0.25, 0.3) is 0 Å². The Balaban J connectivity index is 2.31. The van der Waals surface area contributed by atoms with Crippen molar-refractivity contribution in [2.24, 2.45) is 7.05 Å². The van der Waals surface area contributed by atoms with Gasteiger partial charge in [0.05, 0.1) is 12.0 Å². The maximum absolute atomic E-state index is 9.24. The number of aliphatic hydroxyl groups excluding tert-OH is 1. The number of benzene rings is 2. The van der Waals surface area contributed by atoms with Crippen molar-refractivity contribution >= 4 is 10.8 Å². The van der Waals surface area contributed by atoms with E-state index >= 15 is 0 Å². The number of aryl methyl sites for hydroxylation is 2. The Kier molecular flexibility index (Phi) is 3.25. The zero-order valence-electron chi connectivity index (χ0n) is 11.8. The monoisotopic (exact) mass is 264 g/mol. The van der Waals surface area contributed by atoms with E-state index in [0.717, 1.165) is 5.56 Å². The van der Waals surface area contributed by atoms with Gasteiger partial charge in [-0.05, 0) is 35.6 Å². The molecule has 0 unspecified atom stereocenters. The molecule has 0 fully saturated rings. The Morgan fingerprint density at radius 1 is 1.05 bits per heavy atom. The van der Waals surface area contributed by atoms with Gasteiger partial charge in [0, 0.05) is 11.6 Å². The molecule has 0 aliphatic heterocycles. The number of rotatable bonds is 2. The highest BCUT2D eigenvalue weighted by Crippen LogP contribution is 2.28. The normalized spacial score (nSPS) is 10.9. The van der Waals surface area contributed by atoms with Crippen LogP contribution >= 0.6 is 0 Å². The second kappa shape index (κ2) is 5.06. The van der Waals surface area contributed by atoms with Crippen LogP contribution in [0.5, 0.6) is 0 Å². The first-order valence-electron chi connectivity index (χ1n) is 6.79. The van der Waals surface area contributed by atoms with E-state index in [0.29, 0.717) is 0 Å². The molecule has 1 N–H and O–H groups in total. The third kappa shape index (κ3) is 2.08. The summed E-state index contributed by atoms with van der Waals surface area (Å²) < 4.78 is 2.16. The van der Waals surface area contributed by atoms with Gasteiger partial charge in [-0.2, -0.15) is 0 Å². The molecular weight excluding hydrogens is 246 g/mol. The van der Waals surface area contributed by atoms with Crippen LogP contribution in [0.15, 0.2) is 54.7 Å². The van der Waals surface area contributed by atoms with Gasteiger partial charge in [-0.15, -0.1) is 0 Å². The second-order valence-electron chi connectivity index (χ2n) is 5.17. The zero-order chi connectivity index (χ0) is 14.1. The zero-order valence-corrected chi connectivity index (χ0v) is 11.8. The molecule has 0 aliphatic carbocycles. The highest BCUT2D eigenvalue weighted by Gasteiger charge is 2.16. The molecule has 1 aromatic heterocycles. The van der Waals surface area contributed by atoms with Gasteiger partial charge in [0.15, 0.2) is 6.20 Å². The molecule has 2 aromatic carbocycles. The van der Waals surface area contributed by atoms with Crippen molar-refractivity contribution in [3.8, 4) is 11.3 Å². The SMILES string of the molecule is Cc1cc(CO)ccc1-c1c2ccccc2cc[n+]1C. The molecule has 1 heterocycles. The molecule has 0 amide bonds. The average Bonchev–Trinajstić information content (AvgIpc) is 2.48. The average molecular weight is 264 g/mol. The van der Waals surface area contributed by atoms with Gasteiger partial charge in [0.2, 0.25) is 5.69 Å². The molecule has 3 aromatic rings. The molecule has 0 saturated carbocycles. The Bertz CT molecular complexity index is 777. The highest BCUT2D eigenvalue weighted by atomic mass is 16.3. The van der Waals surface area contributed by atoms with E-state index in [9.17, 15) is 5.11 Å². The van der Waals surface area contributed by atoms with Crippen molar-refractivity contribution in [1.29, 1.82) is 0 Å². The first kappa shape index (κ1) is 12.8. The van der Waals surface area contributed by atoms with E-state index in [-0.39, 0.29) is 6.61 Å². The maximum atomic E-state index is 9.24. The summed E-state index contributed by atoms with van der Waals surface area (Å²) in [5.41, 5.74) is 4.56. The van der Waals surface area contributed by atoms with Crippen LogP contribution in [0.1, 0.15) is 11.1 Å². The topological polar surface area (TPSA) is 24.1 Å². The van der Waals surface area contributed by atoms with Crippen molar-refractivity contribution in [1.82, 2.24) is 0 Å². The number of pyridine rings is 1. The minimum Gasteiger partial charge on any atom is -0.392 e. The number of hydrogen-bond donors (Lipinski definition) is 1. The van der Waals surface area contributed by atoms with Crippen molar-refractivity contribution in [2.75, 3.05) is 0 Å². The van der Waals surface area contributed by atoms with Crippen LogP contribution in [0.3, 0.4) is 0 Å². The van der Waals surface area contributed by atoms with Crippen LogP contribution in [-0.2, 0) is 13.7 Å². The number of hydrogen-bond acceptors (Lipinski definition) is 1. The molecular formula is C18H18NO+. The first-order valence-corrected chi connectivity index (χ1v) is 6.79. The van der Waals surface area contributed by atoms with Crippen LogP contribution in [-0.4, -0.2) is 5.11 Å². The minimum absolute atomic E-state index is 0.0861. The number of aromatic nitrogens is 1.